The number of aryl methyl sites for hydroxylation is 1. The highest BCUT2D eigenvalue weighted by Crippen LogP contribution is 2.38. The second-order valence-electron chi connectivity index (χ2n) is 11.2. The van der Waals surface area contributed by atoms with Crippen LogP contribution in [0.25, 0.3) is 10.9 Å². The van der Waals surface area contributed by atoms with Gasteiger partial charge in [-0.25, -0.2) is 4.79 Å². The lowest BCUT2D eigenvalue weighted by atomic mass is 9.81. The zero-order chi connectivity index (χ0) is 27.1. The second kappa shape index (κ2) is 9.74. The molecule has 2 N–H and O–H groups in total. The second-order valence-corrected chi connectivity index (χ2v) is 11.2. The van der Waals surface area contributed by atoms with Crippen molar-refractivity contribution in [1.29, 1.82) is 0 Å². The third-order valence-corrected chi connectivity index (χ3v) is 7.69. The van der Waals surface area contributed by atoms with Gasteiger partial charge in [0.1, 0.15) is 17.9 Å². The van der Waals surface area contributed by atoms with Crippen LogP contribution in [0.15, 0.2) is 54.6 Å². The van der Waals surface area contributed by atoms with Gasteiger partial charge in [0.05, 0.1) is 17.5 Å². The van der Waals surface area contributed by atoms with Crippen LogP contribution in [0.3, 0.4) is 0 Å². The minimum Gasteiger partial charge on any atom is -0.489 e. The van der Waals surface area contributed by atoms with Gasteiger partial charge in [-0.05, 0) is 62.4 Å². The van der Waals surface area contributed by atoms with Crippen molar-refractivity contribution in [3.63, 3.8) is 0 Å². The lowest BCUT2D eigenvalue weighted by molar-refractivity contribution is -0.134. The molecule has 3 aromatic rings. The van der Waals surface area contributed by atoms with Crippen LogP contribution in [0.5, 0.6) is 5.75 Å². The van der Waals surface area contributed by atoms with E-state index >= 15 is 0 Å². The molecule has 0 saturated carbocycles. The number of urea groups is 1. The van der Waals surface area contributed by atoms with Crippen LogP contribution in [0.4, 0.5) is 4.79 Å². The van der Waals surface area contributed by atoms with Crippen molar-refractivity contribution in [2.45, 2.75) is 58.1 Å². The minimum absolute atomic E-state index is 0.0398. The molecule has 38 heavy (non-hydrogen) atoms. The maximum absolute atomic E-state index is 13.6. The summed E-state index contributed by atoms with van der Waals surface area (Å²) >= 11 is 0. The first-order valence-corrected chi connectivity index (χ1v) is 13.1. The van der Waals surface area contributed by atoms with Gasteiger partial charge in [0.25, 0.3) is 5.91 Å². The first kappa shape index (κ1) is 25.7. The Balaban J connectivity index is 1.29. The van der Waals surface area contributed by atoms with Crippen molar-refractivity contribution in [3.05, 3.63) is 71.4 Å². The highest BCUT2D eigenvalue weighted by molar-refractivity contribution is 6.07. The fourth-order valence-corrected chi connectivity index (χ4v) is 5.80. The van der Waals surface area contributed by atoms with E-state index in [1.54, 1.807) is 4.90 Å². The molecule has 3 heterocycles. The molecule has 2 atom stereocenters. The molecule has 0 bridgehead atoms. The summed E-state index contributed by atoms with van der Waals surface area (Å²) in [5.41, 5.74) is 2.06. The Morgan fingerprint density at radius 3 is 2.50 bits per heavy atom. The van der Waals surface area contributed by atoms with Crippen LogP contribution in [0, 0.1) is 12.8 Å². The van der Waals surface area contributed by atoms with Crippen molar-refractivity contribution in [3.8, 4) is 5.75 Å². The van der Waals surface area contributed by atoms with Crippen molar-refractivity contribution in [2.24, 2.45) is 5.92 Å². The average Bonchev–Trinajstić information content (AvgIpc) is 3.31. The summed E-state index contributed by atoms with van der Waals surface area (Å²) in [5, 5.41) is 6.22. The number of carbonyl (C=O) groups is 3. The molecule has 2 fully saturated rings. The number of pyridine rings is 1. The maximum atomic E-state index is 13.6. The molecule has 8 nitrogen and oxygen atoms in total. The van der Waals surface area contributed by atoms with Crippen molar-refractivity contribution in [1.82, 2.24) is 20.5 Å². The fourth-order valence-electron chi connectivity index (χ4n) is 5.80. The van der Waals surface area contributed by atoms with E-state index < -0.39 is 17.0 Å². The van der Waals surface area contributed by atoms with E-state index in [-0.39, 0.29) is 24.3 Å². The Labute approximate surface area is 222 Å². The third-order valence-electron chi connectivity index (χ3n) is 7.69. The standard InChI is InChI=1S/C30H34N4O4/c1-19(2)16-30(26(35)32-28(37)33-30)18-34-14-13-29(4,27(34)36)22-9-11-23(12-10-22)38-17-21-15-20(3)31-25-8-6-5-7-24(21)25/h5-12,15,19H,13-14,16-18H2,1-4H3,(H2,32,33,35,37). The van der Waals surface area contributed by atoms with E-state index in [9.17, 15) is 14.4 Å². The van der Waals surface area contributed by atoms with Crippen molar-refractivity contribution >= 4 is 28.7 Å². The van der Waals surface area contributed by atoms with Gasteiger partial charge in [0.15, 0.2) is 0 Å². The summed E-state index contributed by atoms with van der Waals surface area (Å²) in [6, 6.07) is 17.3. The number of likely N-dealkylation sites (tertiary alicyclic amines) is 1. The summed E-state index contributed by atoms with van der Waals surface area (Å²) in [6.45, 7) is 9.01. The van der Waals surface area contributed by atoms with Crippen LogP contribution in [-0.2, 0) is 21.6 Å². The molecule has 198 valence electrons. The molecular weight excluding hydrogens is 480 g/mol. The number of aromatic nitrogens is 1. The summed E-state index contributed by atoms with van der Waals surface area (Å²) in [4.78, 5) is 44.6. The average molecular weight is 515 g/mol. The number of nitrogens with zero attached hydrogens (tertiary/aromatic N) is 2. The molecule has 2 saturated heterocycles. The molecule has 0 aliphatic carbocycles. The van der Waals surface area contributed by atoms with Gasteiger partial charge in [-0.1, -0.05) is 44.2 Å². The number of imide groups is 1. The smallest absolute Gasteiger partial charge is 0.322 e. The Morgan fingerprint density at radius 2 is 1.82 bits per heavy atom. The molecule has 2 aromatic carbocycles. The first-order valence-electron chi connectivity index (χ1n) is 13.1. The van der Waals surface area contributed by atoms with Gasteiger partial charge in [0, 0.05) is 23.2 Å². The van der Waals surface area contributed by atoms with Gasteiger partial charge in [-0.2, -0.15) is 0 Å². The third kappa shape index (κ3) is 4.71. The van der Waals surface area contributed by atoms with Crippen LogP contribution in [0.1, 0.15) is 50.4 Å². The predicted molar refractivity (Wildman–Crippen MR) is 145 cm³/mol. The van der Waals surface area contributed by atoms with Crippen molar-refractivity contribution in [2.75, 3.05) is 13.1 Å². The minimum atomic E-state index is -1.10. The number of ether oxygens (including phenoxy) is 1. The van der Waals surface area contributed by atoms with E-state index in [0.29, 0.717) is 26.0 Å². The quantitative estimate of drug-likeness (QED) is 0.438. The predicted octanol–water partition coefficient (Wildman–Crippen LogP) is 4.24. The largest absolute Gasteiger partial charge is 0.489 e. The number of carbonyl (C=O) groups excluding carboxylic acids is 3. The maximum Gasteiger partial charge on any atom is 0.322 e. The van der Waals surface area contributed by atoms with Gasteiger partial charge in [0.2, 0.25) is 5.91 Å². The summed E-state index contributed by atoms with van der Waals surface area (Å²) in [6.07, 6.45) is 1.09. The number of para-hydroxylation sites is 1. The fraction of sp³-hybridized carbons (Fsp3) is 0.400. The highest BCUT2D eigenvalue weighted by atomic mass is 16.5. The lowest BCUT2D eigenvalue weighted by Crippen LogP contribution is -2.57. The van der Waals surface area contributed by atoms with Crippen LogP contribution in [-0.4, -0.2) is 46.4 Å². The molecule has 1 aromatic heterocycles. The van der Waals surface area contributed by atoms with Gasteiger partial charge in [-0.15, -0.1) is 0 Å². The number of hydrogen-bond donors (Lipinski definition) is 2. The van der Waals surface area contributed by atoms with Crippen LogP contribution < -0.4 is 15.4 Å². The van der Waals surface area contributed by atoms with E-state index in [2.05, 4.69) is 15.6 Å². The van der Waals surface area contributed by atoms with E-state index in [1.807, 2.05) is 82.3 Å². The summed E-state index contributed by atoms with van der Waals surface area (Å²) in [5.74, 6) is 0.488. The molecule has 5 rings (SSSR count). The van der Waals surface area contributed by atoms with E-state index in [0.717, 1.165) is 33.5 Å². The summed E-state index contributed by atoms with van der Waals surface area (Å²) < 4.78 is 6.11. The number of rotatable bonds is 8. The first-order chi connectivity index (χ1) is 18.1. The summed E-state index contributed by atoms with van der Waals surface area (Å²) in [7, 11) is 0. The SMILES string of the molecule is Cc1cc(COc2ccc(C3(C)CCN(CC4(CC(C)C)NC(=O)NC4=O)C3=O)cc2)c2ccccc2n1. The van der Waals surface area contributed by atoms with Crippen molar-refractivity contribution < 1.29 is 19.1 Å². The molecule has 2 unspecified atom stereocenters. The van der Waals surface area contributed by atoms with Crippen LogP contribution in [0.2, 0.25) is 0 Å². The number of benzene rings is 2. The molecule has 0 spiro atoms. The number of amides is 4. The highest BCUT2D eigenvalue weighted by Gasteiger charge is 2.52. The van der Waals surface area contributed by atoms with Gasteiger partial charge >= 0.3 is 6.03 Å². The zero-order valence-corrected chi connectivity index (χ0v) is 22.3. The number of hydrogen-bond acceptors (Lipinski definition) is 5. The zero-order valence-electron chi connectivity index (χ0n) is 22.3. The van der Waals surface area contributed by atoms with Gasteiger partial charge < -0.3 is 15.0 Å². The number of fused-ring (bicyclic) bond motifs is 1. The normalized spacial score (nSPS) is 23.3. The van der Waals surface area contributed by atoms with Crippen LogP contribution >= 0.6 is 0 Å². The molecular formula is C30H34N4O4. The Kier molecular flexibility index (Phi) is 6.59. The van der Waals surface area contributed by atoms with Gasteiger partial charge in [-0.3, -0.25) is 19.9 Å². The number of nitrogens with one attached hydrogen (secondary N) is 2. The Hall–Kier alpha value is -3.94. The Morgan fingerprint density at radius 1 is 1.08 bits per heavy atom. The molecule has 0 radical (unpaired) electrons. The lowest BCUT2D eigenvalue weighted by Gasteiger charge is -2.33. The topological polar surface area (TPSA) is 101 Å². The van der Waals surface area contributed by atoms with E-state index in [4.69, 9.17) is 4.74 Å². The Bertz CT molecular complexity index is 1400. The molecule has 8 heteroatoms. The molecule has 2 aliphatic heterocycles. The monoisotopic (exact) mass is 514 g/mol. The molecule has 4 amide bonds. The van der Waals surface area contributed by atoms with E-state index in [1.165, 1.54) is 0 Å². The molecule has 2 aliphatic rings.